The molecule has 3 aromatic carbocycles. The highest BCUT2D eigenvalue weighted by Gasteiger charge is 2.11. The summed E-state index contributed by atoms with van der Waals surface area (Å²) in [5, 5.41) is 4.09. The molecular formula is C24H21FN4O3S. The van der Waals surface area contributed by atoms with Gasteiger partial charge in [0.1, 0.15) is 19.3 Å². The summed E-state index contributed by atoms with van der Waals surface area (Å²) < 4.78 is 29.8. The summed E-state index contributed by atoms with van der Waals surface area (Å²) in [6, 6.07) is 19.6. The molecule has 4 rings (SSSR count). The van der Waals surface area contributed by atoms with Crippen molar-refractivity contribution in [3.8, 4) is 5.75 Å². The Morgan fingerprint density at radius 1 is 1.09 bits per heavy atom. The van der Waals surface area contributed by atoms with E-state index in [2.05, 4.69) is 14.8 Å². The van der Waals surface area contributed by atoms with Gasteiger partial charge in [0.05, 0.1) is 19.2 Å². The Morgan fingerprint density at radius 2 is 1.94 bits per heavy atom. The fraction of sp³-hybridized carbons (Fsp3) is 0.125. The van der Waals surface area contributed by atoms with Crippen molar-refractivity contribution < 1.29 is 18.7 Å². The average Bonchev–Trinajstić information content (AvgIpc) is 3.35. The fourth-order valence-corrected chi connectivity index (χ4v) is 3.75. The van der Waals surface area contributed by atoms with Gasteiger partial charge in [-0.15, -0.1) is 0 Å². The van der Waals surface area contributed by atoms with E-state index >= 15 is 0 Å². The Morgan fingerprint density at radius 3 is 2.67 bits per heavy atom. The molecule has 0 fully saturated rings. The van der Waals surface area contributed by atoms with E-state index in [9.17, 15) is 9.18 Å². The third kappa shape index (κ3) is 6.11. The van der Waals surface area contributed by atoms with E-state index in [1.807, 2.05) is 36.4 Å². The number of esters is 1. The van der Waals surface area contributed by atoms with E-state index in [-0.39, 0.29) is 12.4 Å². The second-order valence-corrected chi connectivity index (χ2v) is 7.95. The fourth-order valence-electron chi connectivity index (χ4n) is 3.09. The van der Waals surface area contributed by atoms with Crippen LogP contribution in [0.5, 0.6) is 5.75 Å². The second kappa shape index (κ2) is 10.6. The molecule has 33 heavy (non-hydrogen) atoms. The van der Waals surface area contributed by atoms with Crippen LogP contribution in [0.4, 0.5) is 10.1 Å². The number of aromatic nitrogens is 3. The zero-order chi connectivity index (χ0) is 23.0. The lowest BCUT2D eigenvalue weighted by molar-refractivity contribution is 0.0600. The van der Waals surface area contributed by atoms with Gasteiger partial charge >= 0.3 is 5.97 Å². The van der Waals surface area contributed by atoms with Gasteiger partial charge in [-0.2, -0.15) is 5.10 Å². The van der Waals surface area contributed by atoms with Crippen LogP contribution >= 0.6 is 11.9 Å². The standard InChI is InChI=1S/C24H21FN4O3S/c1-31-24(30)19-9-18(13-29-16-26-15-27-29)10-20(11-19)28-33-21-7-8-23(22(25)12-21)32-14-17-5-3-2-4-6-17/h2-12,15-16,28H,13-14H2,1H3. The molecule has 7 nitrogen and oxygen atoms in total. The summed E-state index contributed by atoms with van der Waals surface area (Å²) in [6.07, 6.45) is 3.04. The minimum absolute atomic E-state index is 0.186. The molecule has 168 valence electrons. The molecule has 0 unspecified atom stereocenters. The average molecular weight is 465 g/mol. The maximum absolute atomic E-state index is 14.5. The van der Waals surface area contributed by atoms with Gasteiger partial charge in [-0.25, -0.2) is 18.9 Å². The van der Waals surface area contributed by atoms with Gasteiger partial charge in [0.2, 0.25) is 0 Å². The predicted molar refractivity (Wildman–Crippen MR) is 124 cm³/mol. The summed E-state index contributed by atoms with van der Waals surface area (Å²) in [5.41, 5.74) is 2.86. The maximum Gasteiger partial charge on any atom is 0.337 e. The van der Waals surface area contributed by atoms with Crippen LogP contribution in [0.25, 0.3) is 0 Å². The molecule has 4 aromatic rings. The number of rotatable bonds is 9. The van der Waals surface area contributed by atoms with Gasteiger partial charge in [0.15, 0.2) is 11.6 Å². The number of hydrogen-bond acceptors (Lipinski definition) is 7. The Balaban J connectivity index is 1.44. The lowest BCUT2D eigenvalue weighted by Gasteiger charge is -2.12. The summed E-state index contributed by atoms with van der Waals surface area (Å²) in [4.78, 5) is 16.7. The minimum Gasteiger partial charge on any atom is -0.486 e. The first kappa shape index (κ1) is 22.3. The van der Waals surface area contributed by atoms with Crippen molar-refractivity contribution in [3.63, 3.8) is 0 Å². The number of carbonyl (C=O) groups is 1. The van der Waals surface area contributed by atoms with Crippen LogP contribution in [-0.4, -0.2) is 27.8 Å². The highest BCUT2D eigenvalue weighted by Crippen LogP contribution is 2.28. The Hall–Kier alpha value is -3.85. The van der Waals surface area contributed by atoms with Crippen molar-refractivity contribution in [2.75, 3.05) is 11.8 Å². The molecule has 0 bridgehead atoms. The van der Waals surface area contributed by atoms with Crippen LogP contribution < -0.4 is 9.46 Å². The molecule has 0 aliphatic rings. The van der Waals surface area contributed by atoms with Crippen LogP contribution in [0.1, 0.15) is 21.5 Å². The second-order valence-electron chi connectivity index (χ2n) is 7.07. The molecule has 1 N–H and O–H groups in total. The molecule has 0 amide bonds. The monoisotopic (exact) mass is 464 g/mol. The molecule has 0 aliphatic heterocycles. The quantitative estimate of drug-likeness (QED) is 0.277. The first-order valence-electron chi connectivity index (χ1n) is 10.0. The summed E-state index contributed by atoms with van der Waals surface area (Å²) in [7, 11) is 1.33. The van der Waals surface area contributed by atoms with E-state index in [0.717, 1.165) is 11.1 Å². The minimum atomic E-state index is -0.451. The van der Waals surface area contributed by atoms with Crippen LogP contribution in [0.15, 0.2) is 84.3 Å². The van der Waals surface area contributed by atoms with E-state index in [0.29, 0.717) is 22.7 Å². The smallest absolute Gasteiger partial charge is 0.337 e. The van der Waals surface area contributed by atoms with Gasteiger partial charge in [0.25, 0.3) is 0 Å². The number of carbonyl (C=O) groups excluding carboxylic acids is 1. The van der Waals surface area contributed by atoms with Crippen molar-refractivity contribution in [3.05, 3.63) is 102 Å². The van der Waals surface area contributed by atoms with Gasteiger partial charge < -0.3 is 14.2 Å². The summed E-state index contributed by atoms with van der Waals surface area (Å²) in [6.45, 7) is 0.726. The first-order chi connectivity index (χ1) is 16.1. The van der Waals surface area contributed by atoms with Crippen molar-refractivity contribution in [1.29, 1.82) is 0 Å². The molecule has 1 aromatic heterocycles. The van der Waals surface area contributed by atoms with Crippen molar-refractivity contribution in [1.82, 2.24) is 14.8 Å². The Bertz CT molecular complexity index is 1220. The summed E-state index contributed by atoms with van der Waals surface area (Å²) >= 11 is 1.22. The number of halogens is 1. The first-order valence-corrected chi connectivity index (χ1v) is 10.9. The van der Waals surface area contributed by atoms with Crippen molar-refractivity contribution in [2.24, 2.45) is 0 Å². The van der Waals surface area contributed by atoms with E-state index < -0.39 is 11.8 Å². The Kier molecular flexibility index (Phi) is 7.21. The van der Waals surface area contributed by atoms with Crippen LogP contribution in [0.2, 0.25) is 0 Å². The number of nitrogens with one attached hydrogen (secondary N) is 1. The molecule has 0 saturated carbocycles. The Labute approximate surface area is 194 Å². The van der Waals surface area contributed by atoms with Crippen LogP contribution in [0, 0.1) is 5.82 Å². The number of anilines is 1. The van der Waals surface area contributed by atoms with E-state index in [4.69, 9.17) is 9.47 Å². The van der Waals surface area contributed by atoms with Gasteiger partial charge in [-0.3, -0.25) is 0 Å². The predicted octanol–water partition coefficient (Wildman–Crippen LogP) is 4.95. The van der Waals surface area contributed by atoms with E-state index in [1.165, 1.54) is 31.5 Å². The molecule has 0 spiro atoms. The van der Waals surface area contributed by atoms with Crippen LogP contribution in [-0.2, 0) is 17.9 Å². The molecule has 9 heteroatoms. The number of nitrogens with zero attached hydrogens (tertiary/aromatic N) is 3. The zero-order valence-electron chi connectivity index (χ0n) is 17.8. The van der Waals surface area contributed by atoms with Gasteiger partial charge in [0, 0.05) is 10.6 Å². The normalized spacial score (nSPS) is 10.6. The highest BCUT2D eigenvalue weighted by atomic mass is 32.2. The van der Waals surface area contributed by atoms with Crippen molar-refractivity contribution >= 4 is 23.6 Å². The third-order valence-electron chi connectivity index (χ3n) is 4.65. The molecular weight excluding hydrogens is 443 g/mol. The van der Waals surface area contributed by atoms with Crippen molar-refractivity contribution in [2.45, 2.75) is 18.0 Å². The highest BCUT2D eigenvalue weighted by molar-refractivity contribution is 8.00. The molecule has 0 aliphatic carbocycles. The molecule has 0 radical (unpaired) electrons. The van der Waals surface area contributed by atoms with Gasteiger partial charge in [-0.1, -0.05) is 30.3 Å². The third-order valence-corrected chi connectivity index (χ3v) is 5.48. The molecule has 1 heterocycles. The summed E-state index contributed by atoms with van der Waals surface area (Å²) in [5.74, 6) is -0.714. The van der Waals surface area contributed by atoms with Gasteiger partial charge in [-0.05, 0) is 59.5 Å². The lowest BCUT2D eigenvalue weighted by atomic mass is 10.1. The number of benzene rings is 3. The van der Waals surface area contributed by atoms with E-state index in [1.54, 1.807) is 35.3 Å². The topological polar surface area (TPSA) is 78.3 Å². The SMILES string of the molecule is COC(=O)c1cc(Cn2cncn2)cc(NSc2ccc(OCc3ccccc3)c(F)c2)c1. The molecule has 0 saturated heterocycles. The zero-order valence-corrected chi connectivity index (χ0v) is 18.6. The maximum atomic E-state index is 14.5. The van der Waals surface area contributed by atoms with Crippen LogP contribution in [0.3, 0.4) is 0 Å². The number of ether oxygens (including phenoxy) is 2. The largest absolute Gasteiger partial charge is 0.486 e. The lowest BCUT2D eigenvalue weighted by Crippen LogP contribution is -2.06. The number of hydrogen-bond donors (Lipinski definition) is 1. The molecule has 0 atom stereocenters. The number of methoxy groups -OCH3 is 1.